The second-order valence-corrected chi connectivity index (χ2v) is 4.96. The summed E-state index contributed by atoms with van der Waals surface area (Å²) in [5, 5.41) is 13.8. The number of aliphatic hydroxyl groups excluding tert-OH is 1. The van der Waals surface area contributed by atoms with E-state index in [0.29, 0.717) is 5.15 Å². The molecule has 1 atom stereocenters. The molecule has 0 aromatic carbocycles. The van der Waals surface area contributed by atoms with E-state index in [1.165, 1.54) is 0 Å². The highest BCUT2D eigenvalue weighted by Crippen LogP contribution is 2.29. The summed E-state index contributed by atoms with van der Waals surface area (Å²) in [6, 6.07) is 3.63. The quantitative estimate of drug-likeness (QED) is 0.886. The fraction of sp³-hybridized carbons (Fsp3) is 0.273. The van der Waals surface area contributed by atoms with E-state index in [-0.39, 0.29) is 12.6 Å². The molecule has 2 rings (SSSR count). The van der Waals surface area contributed by atoms with Gasteiger partial charge < -0.3 is 5.11 Å². The van der Waals surface area contributed by atoms with Gasteiger partial charge in [0.1, 0.15) is 5.15 Å². The van der Waals surface area contributed by atoms with Crippen molar-refractivity contribution in [1.82, 2.24) is 14.8 Å². The summed E-state index contributed by atoms with van der Waals surface area (Å²) in [7, 11) is 0. The molecule has 0 bridgehead atoms. The highest BCUT2D eigenvalue weighted by Gasteiger charge is 2.14. The van der Waals surface area contributed by atoms with Crippen LogP contribution in [0.1, 0.15) is 13.0 Å². The summed E-state index contributed by atoms with van der Waals surface area (Å²) in [5.41, 5.74) is 1.63. The number of pyridine rings is 1. The topological polar surface area (TPSA) is 50.9 Å². The first-order chi connectivity index (χ1) is 8.13. The third-order valence-electron chi connectivity index (χ3n) is 2.43. The van der Waals surface area contributed by atoms with Crippen molar-refractivity contribution in [3.8, 4) is 11.3 Å². The molecule has 2 aromatic heterocycles. The minimum Gasteiger partial charge on any atom is -0.394 e. The van der Waals surface area contributed by atoms with Crippen molar-refractivity contribution >= 4 is 27.5 Å². The lowest BCUT2D eigenvalue weighted by Gasteiger charge is -2.13. The number of aliphatic hydroxyl groups is 1. The van der Waals surface area contributed by atoms with Gasteiger partial charge in [0.15, 0.2) is 0 Å². The van der Waals surface area contributed by atoms with Crippen LogP contribution in [0.5, 0.6) is 0 Å². The Morgan fingerprint density at radius 1 is 1.59 bits per heavy atom. The third kappa shape index (κ3) is 2.51. The fourth-order valence-corrected chi connectivity index (χ4v) is 2.09. The van der Waals surface area contributed by atoms with Gasteiger partial charge in [-0.3, -0.25) is 4.68 Å². The van der Waals surface area contributed by atoms with E-state index in [9.17, 15) is 5.11 Å². The SMILES string of the molecule is CC(CO)n1nccc1-c1cc(Br)cnc1Cl. The van der Waals surface area contributed by atoms with Crippen LogP contribution in [-0.2, 0) is 0 Å². The van der Waals surface area contributed by atoms with E-state index >= 15 is 0 Å². The molecule has 1 unspecified atom stereocenters. The number of rotatable bonds is 3. The van der Waals surface area contributed by atoms with Crippen molar-refractivity contribution in [1.29, 1.82) is 0 Å². The number of hydrogen-bond donors (Lipinski definition) is 1. The van der Waals surface area contributed by atoms with Crippen LogP contribution >= 0.6 is 27.5 Å². The van der Waals surface area contributed by atoms with Crippen LogP contribution in [0.25, 0.3) is 11.3 Å². The van der Waals surface area contributed by atoms with Crippen LogP contribution < -0.4 is 0 Å². The van der Waals surface area contributed by atoms with Gasteiger partial charge in [-0.1, -0.05) is 11.6 Å². The van der Waals surface area contributed by atoms with E-state index in [1.807, 2.05) is 19.1 Å². The summed E-state index contributed by atoms with van der Waals surface area (Å²) in [4.78, 5) is 4.08. The largest absolute Gasteiger partial charge is 0.394 e. The molecular formula is C11H11BrClN3O. The van der Waals surface area contributed by atoms with Crippen LogP contribution in [0.3, 0.4) is 0 Å². The molecule has 0 amide bonds. The lowest BCUT2D eigenvalue weighted by molar-refractivity contribution is 0.231. The maximum absolute atomic E-state index is 9.18. The number of hydrogen-bond acceptors (Lipinski definition) is 3. The lowest BCUT2D eigenvalue weighted by atomic mass is 10.2. The molecule has 0 fully saturated rings. The first-order valence-electron chi connectivity index (χ1n) is 5.09. The first kappa shape index (κ1) is 12.5. The van der Waals surface area contributed by atoms with E-state index in [1.54, 1.807) is 17.1 Å². The molecule has 2 aromatic rings. The van der Waals surface area contributed by atoms with Crippen molar-refractivity contribution in [2.24, 2.45) is 0 Å². The molecule has 0 saturated heterocycles. The van der Waals surface area contributed by atoms with E-state index in [4.69, 9.17) is 11.6 Å². The molecule has 0 saturated carbocycles. The van der Waals surface area contributed by atoms with Crippen LogP contribution in [0.2, 0.25) is 5.15 Å². The Bertz CT molecular complexity index is 529. The van der Waals surface area contributed by atoms with E-state index in [0.717, 1.165) is 15.7 Å². The summed E-state index contributed by atoms with van der Waals surface area (Å²) < 4.78 is 2.58. The van der Waals surface area contributed by atoms with E-state index in [2.05, 4.69) is 26.0 Å². The molecule has 17 heavy (non-hydrogen) atoms. The number of aromatic nitrogens is 3. The lowest BCUT2D eigenvalue weighted by Crippen LogP contribution is -2.12. The van der Waals surface area contributed by atoms with Gasteiger partial charge in [0.05, 0.1) is 18.3 Å². The summed E-state index contributed by atoms with van der Waals surface area (Å²) in [6.07, 6.45) is 3.32. The van der Waals surface area contributed by atoms with Gasteiger partial charge in [-0.2, -0.15) is 5.10 Å². The third-order valence-corrected chi connectivity index (χ3v) is 3.17. The van der Waals surface area contributed by atoms with Gasteiger partial charge in [-0.05, 0) is 35.0 Å². The average Bonchev–Trinajstić information content (AvgIpc) is 2.80. The zero-order valence-electron chi connectivity index (χ0n) is 9.14. The zero-order chi connectivity index (χ0) is 12.4. The number of nitrogens with zero attached hydrogens (tertiary/aromatic N) is 3. The Labute approximate surface area is 112 Å². The Morgan fingerprint density at radius 3 is 3.06 bits per heavy atom. The second-order valence-electron chi connectivity index (χ2n) is 3.68. The first-order valence-corrected chi connectivity index (χ1v) is 6.26. The monoisotopic (exact) mass is 315 g/mol. The van der Waals surface area contributed by atoms with Crippen molar-refractivity contribution in [3.63, 3.8) is 0 Å². The van der Waals surface area contributed by atoms with Crippen LogP contribution in [-0.4, -0.2) is 26.5 Å². The van der Waals surface area contributed by atoms with Crippen molar-refractivity contribution in [2.75, 3.05) is 6.61 Å². The van der Waals surface area contributed by atoms with Crippen LogP contribution in [0.4, 0.5) is 0 Å². The smallest absolute Gasteiger partial charge is 0.138 e. The van der Waals surface area contributed by atoms with Gasteiger partial charge in [-0.15, -0.1) is 0 Å². The summed E-state index contributed by atoms with van der Waals surface area (Å²) in [5.74, 6) is 0. The van der Waals surface area contributed by atoms with Gasteiger partial charge in [0.25, 0.3) is 0 Å². The van der Waals surface area contributed by atoms with Crippen LogP contribution in [0.15, 0.2) is 29.0 Å². The van der Waals surface area contributed by atoms with Crippen molar-refractivity contribution < 1.29 is 5.11 Å². The standard InChI is InChI=1S/C11H11BrClN3O/c1-7(6-17)16-10(2-3-15-16)9-4-8(12)5-14-11(9)13/h2-5,7,17H,6H2,1H3. The molecule has 0 aliphatic rings. The second kappa shape index (κ2) is 5.16. The summed E-state index contributed by atoms with van der Waals surface area (Å²) in [6.45, 7) is 1.91. The molecule has 6 heteroatoms. The molecule has 2 heterocycles. The Kier molecular flexibility index (Phi) is 3.81. The van der Waals surface area contributed by atoms with Crippen LogP contribution in [0, 0.1) is 0 Å². The highest BCUT2D eigenvalue weighted by atomic mass is 79.9. The number of halogens is 2. The molecular weight excluding hydrogens is 305 g/mol. The molecule has 0 spiro atoms. The molecule has 0 radical (unpaired) electrons. The highest BCUT2D eigenvalue weighted by molar-refractivity contribution is 9.10. The summed E-state index contributed by atoms with van der Waals surface area (Å²) >= 11 is 9.43. The van der Waals surface area contributed by atoms with E-state index < -0.39 is 0 Å². The molecule has 1 N–H and O–H groups in total. The predicted octanol–water partition coefficient (Wildman–Crippen LogP) is 2.91. The van der Waals surface area contributed by atoms with Crippen molar-refractivity contribution in [2.45, 2.75) is 13.0 Å². The normalized spacial score (nSPS) is 12.7. The predicted molar refractivity (Wildman–Crippen MR) is 70.0 cm³/mol. The van der Waals surface area contributed by atoms with Gasteiger partial charge >= 0.3 is 0 Å². The Hall–Kier alpha value is -0.910. The maximum atomic E-state index is 9.18. The zero-order valence-corrected chi connectivity index (χ0v) is 11.5. The maximum Gasteiger partial charge on any atom is 0.138 e. The van der Waals surface area contributed by atoms with Gasteiger partial charge in [-0.25, -0.2) is 4.98 Å². The Morgan fingerprint density at radius 2 is 2.35 bits per heavy atom. The van der Waals surface area contributed by atoms with Gasteiger partial charge in [0.2, 0.25) is 0 Å². The molecule has 4 nitrogen and oxygen atoms in total. The molecule has 90 valence electrons. The molecule has 0 aliphatic heterocycles. The molecule has 0 aliphatic carbocycles. The fourth-order valence-electron chi connectivity index (χ4n) is 1.56. The Balaban J connectivity index is 2.53. The van der Waals surface area contributed by atoms with Gasteiger partial charge in [0, 0.05) is 22.4 Å². The minimum atomic E-state index is -0.102. The minimum absolute atomic E-state index is 0.0216. The van der Waals surface area contributed by atoms with Crippen molar-refractivity contribution in [3.05, 3.63) is 34.2 Å². The average molecular weight is 317 g/mol.